The van der Waals surface area contributed by atoms with Gasteiger partial charge in [0.1, 0.15) is 0 Å². The van der Waals surface area contributed by atoms with Gasteiger partial charge in [-0.2, -0.15) is 0 Å². The van der Waals surface area contributed by atoms with Crippen molar-refractivity contribution in [2.75, 3.05) is 0 Å². The maximum atomic E-state index is 10.6. The lowest BCUT2D eigenvalue weighted by Crippen LogP contribution is -2.34. The molecule has 0 aliphatic heterocycles. The van der Waals surface area contributed by atoms with E-state index in [4.69, 9.17) is 5.73 Å². The number of carbonyl (C=O) groups excluding carboxylic acids is 1. The van der Waals surface area contributed by atoms with E-state index in [0.29, 0.717) is 0 Å². The largest absolute Gasteiger partial charge is 0.362 e. The molecular weight excluding hydrogens is 218 g/mol. The first-order valence-corrected chi connectivity index (χ1v) is 3.73. The van der Waals surface area contributed by atoms with E-state index in [1.165, 1.54) is 0 Å². The first kappa shape index (κ1) is 7.99. The number of amides is 1. The Morgan fingerprint density at radius 2 is 2.55 bits per heavy atom. The SMILES string of the molecule is NC(=O)c1c(CBr)no[n+]1[O-]. The number of rotatable bonds is 2. The lowest BCUT2D eigenvalue weighted by atomic mass is 10.3. The fourth-order valence-corrected chi connectivity index (χ4v) is 0.964. The monoisotopic (exact) mass is 221 g/mol. The van der Waals surface area contributed by atoms with Gasteiger partial charge in [0.05, 0.1) is 5.33 Å². The van der Waals surface area contributed by atoms with Gasteiger partial charge in [0.2, 0.25) is 5.69 Å². The van der Waals surface area contributed by atoms with Gasteiger partial charge < -0.3 is 10.9 Å². The second-order valence-electron chi connectivity index (χ2n) is 1.72. The van der Waals surface area contributed by atoms with Crippen LogP contribution in [0, 0.1) is 5.21 Å². The number of nitrogens with two attached hydrogens (primary N) is 1. The maximum Gasteiger partial charge on any atom is 0.297 e. The number of carbonyl (C=O) groups is 1. The molecule has 0 saturated carbocycles. The highest BCUT2D eigenvalue weighted by molar-refractivity contribution is 9.08. The second kappa shape index (κ2) is 2.87. The van der Waals surface area contributed by atoms with Crippen molar-refractivity contribution < 1.29 is 14.3 Å². The third-order valence-electron chi connectivity index (χ3n) is 1.04. The van der Waals surface area contributed by atoms with E-state index in [9.17, 15) is 10.0 Å². The number of hydrogen-bond acceptors (Lipinski definition) is 4. The normalized spacial score (nSPS) is 9.91. The summed E-state index contributed by atoms with van der Waals surface area (Å²) in [6.45, 7) is 0. The highest BCUT2D eigenvalue weighted by Crippen LogP contribution is 2.04. The number of halogens is 1. The zero-order valence-corrected chi connectivity index (χ0v) is 6.87. The highest BCUT2D eigenvalue weighted by atomic mass is 79.9. The van der Waals surface area contributed by atoms with Crippen LogP contribution >= 0.6 is 15.9 Å². The van der Waals surface area contributed by atoms with Crippen molar-refractivity contribution >= 4 is 21.8 Å². The fraction of sp³-hybridized carbons (Fsp3) is 0.250. The molecule has 11 heavy (non-hydrogen) atoms. The highest BCUT2D eigenvalue weighted by Gasteiger charge is 2.22. The molecule has 0 aliphatic rings. The Balaban J connectivity index is 3.17. The minimum atomic E-state index is -0.851. The predicted octanol–water partition coefficient (Wildman–Crippen LogP) is -0.698. The van der Waals surface area contributed by atoms with Gasteiger partial charge in [0.25, 0.3) is 11.6 Å². The lowest BCUT2D eigenvalue weighted by molar-refractivity contribution is -0.803. The maximum absolute atomic E-state index is 10.6. The molecule has 0 fully saturated rings. The van der Waals surface area contributed by atoms with E-state index < -0.39 is 5.91 Å². The van der Waals surface area contributed by atoms with Crippen molar-refractivity contribution in [2.24, 2.45) is 5.73 Å². The smallest absolute Gasteiger partial charge is 0.297 e. The topological polar surface area (TPSA) is 96.1 Å². The molecule has 0 aromatic carbocycles. The number of hydrogen-bond donors (Lipinski definition) is 1. The van der Waals surface area contributed by atoms with Gasteiger partial charge in [0.15, 0.2) is 0 Å². The molecule has 2 N–H and O–H groups in total. The molecule has 0 bridgehead atoms. The summed E-state index contributed by atoms with van der Waals surface area (Å²) in [6.07, 6.45) is 0. The van der Waals surface area contributed by atoms with Crippen LogP contribution in [-0.2, 0) is 5.33 Å². The molecule has 1 aromatic heterocycles. The van der Waals surface area contributed by atoms with Crippen molar-refractivity contribution in [3.63, 3.8) is 0 Å². The summed E-state index contributed by atoms with van der Waals surface area (Å²) in [5.74, 6) is -0.851. The van der Waals surface area contributed by atoms with Crippen LogP contribution < -0.4 is 10.6 Å². The standard InChI is InChI=1S/C4H4BrN3O3/c5-1-2-3(4(6)9)8(10)11-7-2/h1H2,(H2,6,9). The van der Waals surface area contributed by atoms with E-state index in [1.807, 2.05) is 0 Å². The Kier molecular flexibility index (Phi) is 2.08. The molecular formula is C4H4BrN3O3. The van der Waals surface area contributed by atoms with Crippen LogP contribution in [0.25, 0.3) is 0 Å². The molecule has 0 saturated heterocycles. The first-order chi connectivity index (χ1) is 5.16. The molecule has 0 aliphatic carbocycles. The summed E-state index contributed by atoms with van der Waals surface area (Å²) in [6, 6.07) is 0. The van der Waals surface area contributed by atoms with Crippen molar-refractivity contribution in [3.05, 3.63) is 16.6 Å². The molecule has 60 valence electrons. The third-order valence-corrected chi connectivity index (χ3v) is 1.57. The van der Waals surface area contributed by atoms with E-state index in [0.717, 1.165) is 0 Å². The average molecular weight is 222 g/mol. The van der Waals surface area contributed by atoms with Crippen molar-refractivity contribution in [1.82, 2.24) is 5.16 Å². The minimum Gasteiger partial charge on any atom is -0.362 e. The van der Waals surface area contributed by atoms with Crippen molar-refractivity contribution in [1.29, 1.82) is 0 Å². The molecule has 6 nitrogen and oxygen atoms in total. The molecule has 0 unspecified atom stereocenters. The number of alkyl halides is 1. The Hall–Kier alpha value is -1.11. The van der Waals surface area contributed by atoms with Crippen LogP contribution in [0.2, 0.25) is 0 Å². The summed E-state index contributed by atoms with van der Waals surface area (Å²) in [7, 11) is 0. The molecule has 1 rings (SSSR count). The Morgan fingerprint density at radius 1 is 1.91 bits per heavy atom. The molecule has 7 heteroatoms. The van der Waals surface area contributed by atoms with Crippen molar-refractivity contribution in [2.45, 2.75) is 5.33 Å². The summed E-state index contributed by atoms with van der Waals surface area (Å²) in [5.41, 5.74) is 4.79. The number of primary amides is 1. The van der Waals surface area contributed by atoms with E-state index >= 15 is 0 Å². The van der Waals surface area contributed by atoms with Gasteiger partial charge in [-0.3, -0.25) is 9.42 Å². The first-order valence-electron chi connectivity index (χ1n) is 2.61. The van der Waals surface area contributed by atoms with Gasteiger partial charge in [-0.25, -0.2) is 0 Å². The molecule has 0 atom stereocenters. The third kappa shape index (κ3) is 1.32. The minimum absolute atomic E-state index is 0.0150. The van der Waals surface area contributed by atoms with Gasteiger partial charge >= 0.3 is 0 Å². The second-order valence-corrected chi connectivity index (χ2v) is 2.28. The Bertz CT molecular complexity index is 284. The van der Waals surface area contributed by atoms with Crippen molar-refractivity contribution in [3.8, 4) is 0 Å². The fourth-order valence-electron chi connectivity index (χ4n) is 0.596. The van der Waals surface area contributed by atoms with E-state index in [1.54, 1.807) is 0 Å². The lowest BCUT2D eigenvalue weighted by Gasteiger charge is -1.88. The molecule has 0 radical (unpaired) electrons. The van der Waals surface area contributed by atoms with Crippen LogP contribution in [-0.4, -0.2) is 11.1 Å². The van der Waals surface area contributed by atoms with Crippen LogP contribution in [0.5, 0.6) is 0 Å². The number of nitrogens with zero attached hydrogens (tertiary/aromatic N) is 2. The van der Waals surface area contributed by atoms with Gasteiger partial charge in [-0.1, -0.05) is 15.9 Å². The van der Waals surface area contributed by atoms with E-state index in [-0.39, 0.29) is 21.6 Å². The Labute approximate surface area is 69.6 Å². The summed E-state index contributed by atoms with van der Waals surface area (Å²) >= 11 is 3.01. The summed E-state index contributed by atoms with van der Waals surface area (Å²) in [5, 5.41) is 14.1. The number of aromatic nitrogens is 2. The van der Waals surface area contributed by atoms with Crippen LogP contribution in [0.15, 0.2) is 4.63 Å². The molecule has 1 heterocycles. The Morgan fingerprint density at radius 3 is 2.91 bits per heavy atom. The van der Waals surface area contributed by atoms with Crippen LogP contribution in [0.3, 0.4) is 0 Å². The predicted molar refractivity (Wildman–Crippen MR) is 36.6 cm³/mol. The van der Waals surface area contributed by atoms with Gasteiger partial charge in [0, 0.05) is 5.16 Å². The quantitative estimate of drug-likeness (QED) is 0.528. The zero-order chi connectivity index (χ0) is 8.43. The van der Waals surface area contributed by atoms with E-state index in [2.05, 4.69) is 25.7 Å². The van der Waals surface area contributed by atoms with Crippen LogP contribution in [0.1, 0.15) is 16.2 Å². The summed E-state index contributed by atoms with van der Waals surface area (Å²) < 4.78 is 4.13. The molecule has 1 amide bonds. The van der Waals surface area contributed by atoms with Crippen LogP contribution in [0.4, 0.5) is 0 Å². The molecule has 0 spiro atoms. The average Bonchev–Trinajstić information content (AvgIpc) is 2.30. The summed E-state index contributed by atoms with van der Waals surface area (Å²) in [4.78, 5) is 10.5. The zero-order valence-electron chi connectivity index (χ0n) is 5.28. The van der Waals surface area contributed by atoms with Gasteiger partial charge in [-0.15, -0.1) is 0 Å². The molecule has 1 aromatic rings. The van der Waals surface area contributed by atoms with Gasteiger partial charge in [-0.05, 0) is 4.90 Å².